The molecule has 0 fully saturated rings. The van der Waals surface area contributed by atoms with Crippen LogP contribution in [0.25, 0.3) is 0 Å². The number of thiophene rings is 1. The lowest BCUT2D eigenvalue weighted by Crippen LogP contribution is -2.41. The lowest BCUT2D eigenvalue weighted by Gasteiger charge is -2.10. The molecule has 0 aliphatic carbocycles. The Morgan fingerprint density at radius 2 is 1.68 bits per heavy atom. The van der Waals surface area contributed by atoms with Gasteiger partial charge in [0.15, 0.2) is 11.5 Å². The topological polar surface area (TPSA) is 76.7 Å². The first kappa shape index (κ1) is 16.1. The van der Waals surface area contributed by atoms with E-state index in [9.17, 15) is 9.59 Å². The molecule has 8 heteroatoms. The normalized spacial score (nSPS) is 9.95. The standard InChI is InChI=1S/C14H13ClN2O4S/c1-20-9-4-3-8(7-10(9)21-2)13(18)16-17-14(19)11-5-6-12(15)22-11/h3-7H,1-2H3,(H,16,18)(H,17,19). The number of benzene rings is 1. The predicted molar refractivity (Wildman–Crippen MR) is 83.8 cm³/mol. The maximum atomic E-state index is 12.0. The Labute approximate surface area is 136 Å². The summed E-state index contributed by atoms with van der Waals surface area (Å²) in [4.78, 5) is 24.2. The third-order valence-corrected chi connectivity index (χ3v) is 3.96. The van der Waals surface area contributed by atoms with E-state index in [4.69, 9.17) is 21.1 Å². The largest absolute Gasteiger partial charge is 0.493 e. The number of halogens is 1. The number of amides is 2. The Morgan fingerprint density at radius 3 is 2.27 bits per heavy atom. The van der Waals surface area contributed by atoms with Crippen LogP contribution in [0.3, 0.4) is 0 Å². The molecule has 116 valence electrons. The zero-order chi connectivity index (χ0) is 16.1. The van der Waals surface area contributed by atoms with Crippen LogP contribution in [-0.2, 0) is 0 Å². The molecule has 1 aromatic carbocycles. The van der Waals surface area contributed by atoms with Gasteiger partial charge in [0.1, 0.15) is 0 Å². The van der Waals surface area contributed by atoms with Gasteiger partial charge in [0.2, 0.25) is 0 Å². The van der Waals surface area contributed by atoms with E-state index in [-0.39, 0.29) is 0 Å². The summed E-state index contributed by atoms with van der Waals surface area (Å²) in [7, 11) is 2.98. The summed E-state index contributed by atoms with van der Waals surface area (Å²) in [6.07, 6.45) is 0. The maximum absolute atomic E-state index is 12.0. The van der Waals surface area contributed by atoms with E-state index >= 15 is 0 Å². The van der Waals surface area contributed by atoms with Crippen LogP contribution in [0.5, 0.6) is 11.5 Å². The van der Waals surface area contributed by atoms with Gasteiger partial charge >= 0.3 is 0 Å². The van der Waals surface area contributed by atoms with Gasteiger partial charge < -0.3 is 9.47 Å². The number of carbonyl (C=O) groups excluding carboxylic acids is 2. The SMILES string of the molecule is COc1ccc(C(=O)NNC(=O)c2ccc(Cl)s2)cc1OC. The molecule has 0 saturated carbocycles. The van der Waals surface area contributed by atoms with Gasteiger partial charge in [-0.15, -0.1) is 11.3 Å². The van der Waals surface area contributed by atoms with Gasteiger partial charge in [0.05, 0.1) is 23.4 Å². The van der Waals surface area contributed by atoms with Gasteiger partial charge in [-0.25, -0.2) is 0 Å². The van der Waals surface area contributed by atoms with Crippen LogP contribution < -0.4 is 20.3 Å². The van der Waals surface area contributed by atoms with Gasteiger partial charge in [0.25, 0.3) is 11.8 Å². The summed E-state index contributed by atoms with van der Waals surface area (Å²) < 4.78 is 10.7. The van der Waals surface area contributed by atoms with E-state index in [0.29, 0.717) is 26.3 Å². The first-order valence-corrected chi connectivity index (χ1v) is 7.32. The van der Waals surface area contributed by atoms with E-state index in [2.05, 4.69) is 10.9 Å². The molecule has 1 heterocycles. The molecule has 0 spiro atoms. The summed E-state index contributed by atoms with van der Waals surface area (Å²) in [6, 6.07) is 7.87. The molecule has 0 bridgehead atoms. The Kier molecular flexibility index (Phi) is 5.24. The predicted octanol–water partition coefficient (Wildman–Crippen LogP) is 2.49. The van der Waals surface area contributed by atoms with Crippen molar-refractivity contribution in [3.8, 4) is 11.5 Å². The van der Waals surface area contributed by atoms with Crippen molar-refractivity contribution in [2.24, 2.45) is 0 Å². The number of rotatable bonds is 4. The molecule has 0 radical (unpaired) electrons. The fourth-order valence-electron chi connectivity index (χ4n) is 1.66. The minimum atomic E-state index is -0.475. The maximum Gasteiger partial charge on any atom is 0.279 e. The van der Waals surface area contributed by atoms with Crippen LogP contribution in [0.2, 0.25) is 4.34 Å². The second kappa shape index (κ2) is 7.15. The Bertz CT molecular complexity index is 702. The van der Waals surface area contributed by atoms with E-state index in [1.165, 1.54) is 20.3 Å². The van der Waals surface area contributed by atoms with Crippen molar-refractivity contribution >= 4 is 34.8 Å². The Balaban J connectivity index is 2.02. The first-order valence-electron chi connectivity index (χ1n) is 6.13. The Hall–Kier alpha value is -2.25. The number of hydrogen-bond acceptors (Lipinski definition) is 5. The molecule has 0 saturated heterocycles. The number of nitrogens with one attached hydrogen (secondary N) is 2. The van der Waals surface area contributed by atoms with Gasteiger partial charge in [-0.3, -0.25) is 20.4 Å². The van der Waals surface area contributed by atoms with Crippen LogP contribution in [0, 0.1) is 0 Å². The first-order chi connectivity index (χ1) is 10.5. The number of carbonyl (C=O) groups is 2. The number of hydrazine groups is 1. The second-order valence-electron chi connectivity index (χ2n) is 4.08. The van der Waals surface area contributed by atoms with Crippen molar-refractivity contribution in [1.82, 2.24) is 10.9 Å². The molecular weight excluding hydrogens is 328 g/mol. The third kappa shape index (κ3) is 3.69. The van der Waals surface area contributed by atoms with Crippen LogP contribution in [0.4, 0.5) is 0 Å². The van der Waals surface area contributed by atoms with E-state index < -0.39 is 11.8 Å². The minimum absolute atomic E-state index is 0.321. The second-order valence-corrected chi connectivity index (χ2v) is 5.80. The van der Waals surface area contributed by atoms with Gasteiger partial charge in [0, 0.05) is 5.56 Å². The Morgan fingerprint density at radius 1 is 1.00 bits per heavy atom. The minimum Gasteiger partial charge on any atom is -0.493 e. The molecule has 0 aliphatic rings. The van der Waals surface area contributed by atoms with Crippen molar-refractivity contribution in [2.75, 3.05) is 14.2 Å². The monoisotopic (exact) mass is 340 g/mol. The summed E-state index contributed by atoms with van der Waals surface area (Å²) >= 11 is 6.87. The van der Waals surface area contributed by atoms with E-state index in [1.54, 1.807) is 24.3 Å². The molecule has 0 aliphatic heterocycles. The highest BCUT2D eigenvalue weighted by Gasteiger charge is 2.13. The average Bonchev–Trinajstić information content (AvgIpc) is 2.98. The zero-order valence-corrected chi connectivity index (χ0v) is 13.4. The van der Waals surface area contributed by atoms with Gasteiger partial charge in [-0.2, -0.15) is 0 Å². The number of hydrogen-bond donors (Lipinski definition) is 2. The highest BCUT2D eigenvalue weighted by Crippen LogP contribution is 2.27. The fourth-order valence-corrected chi connectivity index (χ4v) is 2.60. The molecule has 2 amide bonds. The van der Waals surface area contributed by atoms with Crippen LogP contribution >= 0.6 is 22.9 Å². The summed E-state index contributed by atoms with van der Waals surface area (Å²) in [5.41, 5.74) is 4.96. The highest BCUT2D eigenvalue weighted by molar-refractivity contribution is 7.17. The van der Waals surface area contributed by atoms with Crippen molar-refractivity contribution in [3.05, 3.63) is 45.1 Å². The molecule has 0 unspecified atom stereocenters. The zero-order valence-electron chi connectivity index (χ0n) is 11.8. The summed E-state index contributed by atoms with van der Waals surface area (Å²) in [5, 5.41) is 0. The van der Waals surface area contributed by atoms with Crippen molar-refractivity contribution in [2.45, 2.75) is 0 Å². The third-order valence-electron chi connectivity index (χ3n) is 2.73. The van der Waals surface area contributed by atoms with Gasteiger partial charge in [-0.1, -0.05) is 11.6 Å². The average molecular weight is 341 g/mol. The molecule has 2 rings (SSSR count). The lowest BCUT2D eigenvalue weighted by atomic mass is 10.2. The molecule has 22 heavy (non-hydrogen) atoms. The van der Waals surface area contributed by atoms with Crippen molar-refractivity contribution < 1.29 is 19.1 Å². The van der Waals surface area contributed by atoms with E-state index in [0.717, 1.165) is 11.3 Å². The van der Waals surface area contributed by atoms with E-state index in [1.807, 2.05) is 0 Å². The molecule has 6 nitrogen and oxygen atoms in total. The summed E-state index contributed by atoms with van der Waals surface area (Å²) in [6.45, 7) is 0. The molecule has 2 aromatic rings. The van der Waals surface area contributed by atoms with Crippen LogP contribution in [0.15, 0.2) is 30.3 Å². The van der Waals surface area contributed by atoms with Crippen molar-refractivity contribution in [1.29, 1.82) is 0 Å². The van der Waals surface area contributed by atoms with Crippen molar-refractivity contribution in [3.63, 3.8) is 0 Å². The molecular formula is C14H13ClN2O4S. The fraction of sp³-hybridized carbons (Fsp3) is 0.143. The molecule has 1 aromatic heterocycles. The van der Waals surface area contributed by atoms with Gasteiger partial charge in [-0.05, 0) is 30.3 Å². The lowest BCUT2D eigenvalue weighted by molar-refractivity contribution is 0.0848. The molecule has 0 atom stereocenters. The van der Waals surface area contributed by atoms with Crippen LogP contribution in [-0.4, -0.2) is 26.0 Å². The van der Waals surface area contributed by atoms with Crippen LogP contribution in [0.1, 0.15) is 20.0 Å². The quantitative estimate of drug-likeness (QED) is 0.838. The summed E-state index contributed by atoms with van der Waals surface area (Å²) in [5.74, 6) is 0.0190. The number of methoxy groups -OCH3 is 2. The smallest absolute Gasteiger partial charge is 0.279 e. The molecule has 2 N–H and O–H groups in total. The highest BCUT2D eigenvalue weighted by atomic mass is 35.5. The number of ether oxygens (including phenoxy) is 2.